The second-order valence-corrected chi connectivity index (χ2v) is 6.16. The van der Waals surface area contributed by atoms with Crippen molar-refractivity contribution in [1.82, 2.24) is 0 Å². The topological polar surface area (TPSA) is 36.3 Å². The Morgan fingerprint density at radius 3 is 2.67 bits per heavy atom. The highest BCUT2D eigenvalue weighted by Gasteiger charge is 2.44. The summed E-state index contributed by atoms with van der Waals surface area (Å²) in [6.07, 6.45) is 2.31. The number of nitriles is 1. The molecule has 0 aromatic heterocycles. The van der Waals surface area contributed by atoms with E-state index in [1.807, 2.05) is 18.2 Å². The van der Waals surface area contributed by atoms with Crippen LogP contribution in [0.1, 0.15) is 18.4 Å². The van der Waals surface area contributed by atoms with Crippen LogP contribution in [0.15, 0.2) is 22.7 Å². The molecule has 2 aliphatic rings. The van der Waals surface area contributed by atoms with Gasteiger partial charge in [0.15, 0.2) is 0 Å². The Labute approximate surface area is 115 Å². The minimum absolute atomic E-state index is 0.443. The molecular weight excluding hydrogens is 292 g/mol. The maximum atomic E-state index is 9.20. The van der Waals surface area contributed by atoms with Gasteiger partial charge in [0.2, 0.25) is 0 Å². The van der Waals surface area contributed by atoms with Gasteiger partial charge in [0, 0.05) is 36.2 Å². The van der Waals surface area contributed by atoms with Crippen LogP contribution in [0.4, 0.5) is 5.69 Å². The normalized spacial score (nSPS) is 21.4. The van der Waals surface area contributed by atoms with Crippen molar-refractivity contribution in [2.24, 2.45) is 5.41 Å². The van der Waals surface area contributed by atoms with E-state index < -0.39 is 0 Å². The SMILES string of the molecule is N#Cc1cc(Br)ccc1N1CC2(CCOCC2)C1. The van der Waals surface area contributed by atoms with E-state index in [-0.39, 0.29) is 0 Å². The quantitative estimate of drug-likeness (QED) is 0.800. The molecular formula is C14H15BrN2O. The first-order valence-electron chi connectivity index (χ1n) is 6.25. The highest BCUT2D eigenvalue weighted by Crippen LogP contribution is 2.43. The molecule has 2 saturated heterocycles. The monoisotopic (exact) mass is 306 g/mol. The van der Waals surface area contributed by atoms with E-state index in [9.17, 15) is 5.26 Å². The number of hydrogen-bond donors (Lipinski definition) is 0. The van der Waals surface area contributed by atoms with Crippen molar-refractivity contribution in [3.8, 4) is 6.07 Å². The lowest BCUT2D eigenvalue weighted by molar-refractivity contribution is -0.000205. The van der Waals surface area contributed by atoms with Crippen LogP contribution in [-0.4, -0.2) is 26.3 Å². The molecule has 1 aromatic carbocycles. The van der Waals surface area contributed by atoms with Gasteiger partial charge in [0.05, 0.1) is 11.3 Å². The average molecular weight is 307 g/mol. The first-order chi connectivity index (χ1) is 8.72. The molecule has 0 saturated carbocycles. The van der Waals surface area contributed by atoms with E-state index >= 15 is 0 Å². The lowest BCUT2D eigenvalue weighted by atomic mass is 9.73. The lowest BCUT2D eigenvalue weighted by Gasteiger charge is -2.53. The van der Waals surface area contributed by atoms with Gasteiger partial charge in [-0.05, 0) is 31.0 Å². The Kier molecular flexibility index (Phi) is 3.04. The second kappa shape index (κ2) is 4.56. The van der Waals surface area contributed by atoms with Crippen LogP contribution in [0, 0.1) is 16.7 Å². The van der Waals surface area contributed by atoms with Crippen molar-refractivity contribution in [3.05, 3.63) is 28.2 Å². The molecule has 2 fully saturated rings. The molecule has 0 atom stereocenters. The van der Waals surface area contributed by atoms with Crippen molar-refractivity contribution in [2.45, 2.75) is 12.8 Å². The summed E-state index contributed by atoms with van der Waals surface area (Å²) in [4.78, 5) is 2.32. The predicted molar refractivity (Wildman–Crippen MR) is 73.6 cm³/mol. The molecule has 0 unspecified atom stereocenters. The standard InChI is InChI=1S/C14H15BrN2O/c15-12-1-2-13(11(7-12)8-16)17-9-14(10-17)3-5-18-6-4-14/h1-2,7H,3-6,9-10H2. The summed E-state index contributed by atoms with van der Waals surface area (Å²) in [6, 6.07) is 8.22. The van der Waals surface area contributed by atoms with Crippen molar-refractivity contribution < 1.29 is 4.74 Å². The molecule has 3 nitrogen and oxygen atoms in total. The van der Waals surface area contributed by atoms with Gasteiger partial charge in [-0.2, -0.15) is 5.26 Å². The van der Waals surface area contributed by atoms with Crippen LogP contribution in [0.5, 0.6) is 0 Å². The summed E-state index contributed by atoms with van der Waals surface area (Å²) in [7, 11) is 0. The zero-order valence-corrected chi connectivity index (χ0v) is 11.7. The molecule has 18 heavy (non-hydrogen) atoms. The predicted octanol–water partition coefficient (Wildman–Crippen LogP) is 2.94. The van der Waals surface area contributed by atoms with Crippen LogP contribution >= 0.6 is 15.9 Å². The van der Waals surface area contributed by atoms with Gasteiger partial charge in [-0.3, -0.25) is 0 Å². The first kappa shape index (κ1) is 12.0. The number of ether oxygens (including phenoxy) is 1. The fourth-order valence-electron chi connectivity index (χ4n) is 2.93. The number of benzene rings is 1. The number of nitrogens with zero attached hydrogens (tertiary/aromatic N) is 2. The van der Waals surface area contributed by atoms with E-state index in [4.69, 9.17) is 4.74 Å². The highest BCUT2D eigenvalue weighted by atomic mass is 79.9. The molecule has 0 amide bonds. The number of anilines is 1. The van der Waals surface area contributed by atoms with Crippen molar-refractivity contribution >= 4 is 21.6 Å². The van der Waals surface area contributed by atoms with Crippen LogP contribution in [-0.2, 0) is 4.74 Å². The zero-order chi connectivity index (χ0) is 12.6. The average Bonchev–Trinajstić information content (AvgIpc) is 2.37. The van der Waals surface area contributed by atoms with E-state index in [1.165, 1.54) is 0 Å². The molecule has 1 aromatic rings. The summed E-state index contributed by atoms with van der Waals surface area (Å²) in [5.41, 5.74) is 2.27. The molecule has 4 heteroatoms. The van der Waals surface area contributed by atoms with Gasteiger partial charge in [0.1, 0.15) is 6.07 Å². The third-order valence-electron chi connectivity index (χ3n) is 4.03. The Balaban J connectivity index is 1.77. The van der Waals surface area contributed by atoms with E-state index in [1.54, 1.807) is 0 Å². The van der Waals surface area contributed by atoms with Gasteiger partial charge in [-0.15, -0.1) is 0 Å². The van der Waals surface area contributed by atoms with E-state index in [0.29, 0.717) is 5.41 Å². The van der Waals surface area contributed by atoms with Gasteiger partial charge < -0.3 is 9.64 Å². The fraction of sp³-hybridized carbons (Fsp3) is 0.500. The summed E-state index contributed by atoms with van der Waals surface area (Å²) >= 11 is 3.41. The summed E-state index contributed by atoms with van der Waals surface area (Å²) < 4.78 is 6.39. The van der Waals surface area contributed by atoms with E-state index in [2.05, 4.69) is 26.9 Å². The molecule has 0 radical (unpaired) electrons. The largest absolute Gasteiger partial charge is 0.381 e. The minimum atomic E-state index is 0.443. The maximum Gasteiger partial charge on any atom is 0.101 e. The van der Waals surface area contributed by atoms with Gasteiger partial charge in [-0.1, -0.05) is 15.9 Å². The van der Waals surface area contributed by atoms with Crippen LogP contribution in [0.25, 0.3) is 0 Å². The van der Waals surface area contributed by atoms with Crippen LogP contribution in [0.3, 0.4) is 0 Å². The number of hydrogen-bond acceptors (Lipinski definition) is 3. The zero-order valence-electron chi connectivity index (χ0n) is 10.2. The first-order valence-corrected chi connectivity index (χ1v) is 7.04. The number of rotatable bonds is 1. The molecule has 2 aliphatic heterocycles. The minimum Gasteiger partial charge on any atom is -0.381 e. The van der Waals surface area contributed by atoms with Crippen molar-refractivity contribution in [2.75, 3.05) is 31.2 Å². The fourth-order valence-corrected chi connectivity index (χ4v) is 3.29. The smallest absolute Gasteiger partial charge is 0.101 e. The summed E-state index contributed by atoms with van der Waals surface area (Å²) in [6.45, 7) is 3.90. The maximum absolute atomic E-state index is 9.20. The van der Waals surface area contributed by atoms with Gasteiger partial charge >= 0.3 is 0 Å². The Morgan fingerprint density at radius 1 is 1.28 bits per heavy atom. The lowest BCUT2D eigenvalue weighted by Crippen LogP contribution is -2.58. The molecule has 3 rings (SSSR count). The molecule has 0 bridgehead atoms. The van der Waals surface area contributed by atoms with Crippen LogP contribution in [0.2, 0.25) is 0 Å². The Morgan fingerprint density at radius 2 is 2.00 bits per heavy atom. The molecule has 1 spiro atoms. The second-order valence-electron chi connectivity index (χ2n) is 5.24. The number of halogens is 1. The molecule has 2 heterocycles. The molecule has 94 valence electrons. The van der Waals surface area contributed by atoms with E-state index in [0.717, 1.165) is 54.9 Å². The molecule has 0 N–H and O–H groups in total. The summed E-state index contributed by atoms with van der Waals surface area (Å²) in [5, 5.41) is 9.20. The van der Waals surface area contributed by atoms with Crippen molar-refractivity contribution in [3.63, 3.8) is 0 Å². The Hall–Kier alpha value is -1.05. The highest BCUT2D eigenvalue weighted by molar-refractivity contribution is 9.10. The van der Waals surface area contributed by atoms with Crippen LogP contribution < -0.4 is 4.90 Å². The van der Waals surface area contributed by atoms with Gasteiger partial charge in [-0.25, -0.2) is 0 Å². The van der Waals surface area contributed by atoms with Crippen molar-refractivity contribution in [1.29, 1.82) is 5.26 Å². The molecule has 0 aliphatic carbocycles. The third-order valence-corrected chi connectivity index (χ3v) is 4.52. The summed E-state index contributed by atoms with van der Waals surface area (Å²) in [5.74, 6) is 0. The Bertz CT molecular complexity index is 495. The third kappa shape index (κ3) is 2.02. The van der Waals surface area contributed by atoms with Gasteiger partial charge in [0.25, 0.3) is 0 Å².